The first-order valence-corrected chi connectivity index (χ1v) is 10.4. The predicted octanol–water partition coefficient (Wildman–Crippen LogP) is 4.70. The van der Waals surface area contributed by atoms with Crippen LogP contribution in [0.5, 0.6) is 5.75 Å². The van der Waals surface area contributed by atoms with E-state index in [1.165, 1.54) is 4.90 Å². The summed E-state index contributed by atoms with van der Waals surface area (Å²) >= 11 is 9.84. The molecule has 1 aliphatic rings. The number of rotatable bonds is 7. The Morgan fingerprint density at radius 2 is 2.00 bits per heavy atom. The van der Waals surface area contributed by atoms with Gasteiger partial charge in [-0.1, -0.05) is 70.2 Å². The van der Waals surface area contributed by atoms with Crippen LogP contribution in [0.3, 0.4) is 0 Å². The summed E-state index contributed by atoms with van der Waals surface area (Å²) in [6.07, 6.45) is 1.58. The zero-order valence-electron chi connectivity index (χ0n) is 14.6. The summed E-state index contributed by atoms with van der Waals surface area (Å²) in [4.78, 5) is 25.2. The van der Waals surface area contributed by atoms with Crippen LogP contribution in [0.25, 0.3) is 6.08 Å². The van der Waals surface area contributed by atoms with Gasteiger partial charge in [0, 0.05) is 16.6 Å². The smallest absolute Gasteiger partial charge is 0.305 e. The van der Waals surface area contributed by atoms with E-state index in [1.807, 2.05) is 48.5 Å². The molecule has 1 amide bonds. The second-order valence-electron chi connectivity index (χ2n) is 5.93. The molecule has 0 saturated carbocycles. The minimum Gasteiger partial charge on any atom is -0.488 e. The van der Waals surface area contributed by atoms with Gasteiger partial charge in [-0.15, -0.1) is 0 Å². The molecule has 0 aromatic heterocycles. The quantitative estimate of drug-likeness (QED) is 0.460. The number of carboxylic acids is 1. The molecule has 2 aromatic rings. The summed E-state index contributed by atoms with van der Waals surface area (Å²) in [5, 5.41) is 8.84. The topological polar surface area (TPSA) is 66.8 Å². The van der Waals surface area contributed by atoms with Crippen LogP contribution in [0.4, 0.5) is 0 Å². The number of hydrogen-bond acceptors (Lipinski definition) is 5. The lowest BCUT2D eigenvalue weighted by Gasteiger charge is -2.12. The number of carbonyl (C=O) groups is 2. The fourth-order valence-electron chi connectivity index (χ4n) is 2.54. The molecule has 1 aliphatic heterocycles. The summed E-state index contributed by atoms with van der Waals surface area (Å²) in [7, 11) is 0. The highest BCUT2D eigenvalue weighted by molar-refractivity contribution is 9.10. The molecule has 0 unspecified atom stereocenters. The van der Waals surface area contributed by atoms with Crippen molar-refractivity contribution in [2.75, 3.05) is 6.54 Å². The van der Waals surface area contributed by atoms with Gasteiger partial charge in [-0.3, -0.25) is 14.5 Å². The Morgan fingerprint density at radius 3 is 2.71 bits per heavy atom. The van der Waals surface area contributed by atoms with Gasteiger partial charge in [-0.2, -0.15) is 0 Å². The second kappa shape index (κ2) is 9.36. The molecule has 0 atom stereocenters. The molecule has 144 valence electrons. The van der Waals surface area contributed by atoms with Gasteiger partial charge in [0.2, 0.25) is 0 Å². The van der Waals surface area contributed by atoms with Gasteiger partial charge in [0.05, 0.1) is 11.3 Å². The number of aliphatic carboxylic acids is 1. The van der Waals surface area contributed by atoms with Gasteiger partial charge in [0.1, 0.15) is 16.7 Å². The highest BCUT2D eigenvalue weighted by Crippen LogP contribution is 2.35. The SMILES string of the molecule is O=C(O)CCN1C(=O)/C(=C/c2cc(Br)ccc2OCc2ccccc2)SC1=S. The third-order valence-electron chi connectivity index (χ3n) is 3.92. The standard InChI is InChI=1S/C20H16BrNO4S2/c21-15-6-7-16(26-12-13-4-2-1-3-5-13)14(10-15)11-17-19(25)22(20(27)28-17)9-8-18(23)24/h1-7,10-11H,8-9,12H2,(H,23,24)/b17-11-. The number of carboxylic acid groups (broad SMARTS) is 1. The van der Waals surface area contributed by atoms with E-state index in [0.29, 0.717) is 21.6 Å². The average Bonchev–Trinajstić information content (AvgIpc) is 2.93. The summed E-state index contributed by atoms with van der Waals surface area (Å²) in [5.74, 6) is -0.616. The van der Waals surface area contributed by atoms with E-state index >= 15 is 0 Å². The van der Waals surface area contributed by atoms with Gasteiger partial charge < -0.3 is 9.84 Å². The zero-order valence-corrected chi connectivity index (χ0v) is 17.9. The lowest BCUT2D eigenvalue weighted by atomic mass is 10.1. The first-order chi connectivity index (χ1) is 13.4. The molecule has 8 heteroatoms. The Morgan fingerprint density at radius 1 is 1.25 bits per heavy atom. The first kappa shape index (κ1) is 20.6. The van der Waals surface area contributed by atoms with Gasteiger partial charge in [-0.25, -0.2) is 0 Å². The maximum absolute atomic E-state index is 12.6. The van der Waals surface area contributed by atoms with Gasteiger partial charge in [-0.05, 0) is 29.8 Å². The van der Waals surface area contributed by atoms with Crippen LogP contribution in [0.15, 0.2) is 57.9 Å². The van der Waals surface area contributed by atoms with Crippen molar-refractivity contribution < 1.29 is 19.4 Å². The summed E-state index contributed by atoms with van der Waals surface area (Å²) in [6.45, 7) is 0.468. The van der Waals surface area contributed by atoms with Gasteiger partial charge >= 0.3 is 5.97 Å². The van der Waals surface area contributed by atoms with Gasteiger partial charge in [0.15, 0.2) is 0 Å². The number of halogens is 1. The Kier molecular flexibility index (Phi) is 6.88. The van der Waals surface area contributed by atoms with E-state index < -0.39 is 5.97 Å². The van der Waals surface area contributed by atoms with Crippen molar-refractivity contribution in [3.05, 3.63) is 69.0 Å². The summed E-state index contributed by atoms with van der Waals surface area (Å²) in [6, 6.07) is 15.4. The van der Waals surface area contributed by atoms with Crippen molar-refractivity contribution in [3.8, 4) is 5.75 Å². The monoisotopic (exact) mass is 477 g/mol. The van der Waals surface area contributed by atoms with E-state index in [1.54, 1.807) is 6.08 Å². The van der Waals surface area contributed by atoms with Crippen molar-refractivity contribution in [3.63, 3.8) is 0 Å². The number of ether oxygens (including phenoxy) is 1. The van der Waals surface area contributed by atoms with Crippen LogP contribution in [-0.2, 0) is 16.2 Å². The molecule has 2 aromatic carbocycles. The maximum atomic E-state index is 12.6. The molecule has 1 heterocycles. The third kappa shape index (κ3) is 5.21. The maximum Gasteiger partial charge on any atom is 0.305 e. The number of thioether (sulfide) groups is 1. The van der Waals surface area contributed by atoms with Crippen LogP contribution < -0.4 is 4.74 Å². The van der Waals surface area contributed by atoms with Crippen molar-refractivity contribution in [1.82, 2.24) is 4.90 Å². The van der Waals surface area contributed by atoms with Crippen molar-refractivity contribution in [1.29, 1.82) is 0 Å². The number of benzene rings is 2. The number of hydrogen-bond donors (Lipinski definition) is 1. The third-order valence-corrected chi connectivity index (χ3v) is 5.79. The Balaban J connectivity index is 1.81. The van der Waals surface area contributed by atoms with E-state index in [2.05, 4.69) is 15.9 Å². The van der Waals surface area contributed by atoms with Crippen molar-refractivity contribution in [2.24, 2.45) is 0 Å². The van der Waals surface area contributed by atoms with Crippen molar-refractivity contribution in [2.45, 2.75) is 13.0 Å². The number of nitrogens with zero attached hydrogens (tertiary/aromatic N) is 1. The lowest BCUT2D eigenvalue weighted by molar-refractivity contribution is -0.137. The Hall–Kier alpha value is -2.16. The molecule has 0 aliphatic carbocycles. The lowest BCUT2D eigenvalue weighted by Crippen LogP contribution is -2.30. The molecule has 0 spiro atoms. The van der Waals surface area contributed by atoms with Crippen LogP contribution in [0.1, 0.15) is 17.5 Å². The van der Waals surface area contributed by atoms with Crippen LogP contribution in [0.2, 0.25) is 0 Å². The largest absolute Gasteiger partial charge is 0.488 e. The first-order valence-electron chi connectivity index (χ1n) is 8.37. The van der Waals surface area contributed by atoms with E-state index in [-0.39, 0.29) is 18.9 Å². The van der Waals surface area contributed by atoms with E-state index in [0.717, 1.165) is 27.4 Å². The second-order valence-corrected chi connectivity index (χ2v) is 8.52. The summed E-state index contributed by atoms with van der Waals surface area (Å²) in [5.41, 5.74) is 1.78. The molecule has 5 nitrogen and oxygen atoms in total. The average molecular weight is 478 g/mol. The molecule has 28 heavy (non-hydrogen) atoms. The molecular weight excluding hydrogens is 462 g/mol. The van der Waals surface area contributed by atoms with Gasteiger partial charge in [0.25, 0.3) is 5.91 Å². The zero-order chi connectivity index (χ0) is 20.1. The normalized spacial score (nSPS) is 15.3. The Bertz CT molecular complexity index is 946. The molecule has 1 N–H and O–H groups in total. The Labute approximate surface area is 180 Å². The van der Waals surface area contributed by atoms with Crippen molar-refractivity contribution >= 4 is 62.2 Å². The summed E-state index contributed by atoms with van der Waals surface area (Å²) < 4.78 is 7.16. The number of thiocarbonyl (C=S) groups is 1. The molecule has 3 rings (SSSR count). The van der Waals surface area contributed by atoms with Crippen LogP contribution in [0, 0.1) is 0 Å². The molecule has 1 saturated heterocycles. The molecule has 0 bridgehead atoms. The molecular formula is C20H16BrNO4S2. The number of carbonyl (C=O) groups excluding carboxylic acids is 1. The van der Waals surface area contributed by atoms with E-state index in [4.69, 9.17) is 22.1 Å². The molecule has 1 fully saturated rings. The minimum absolute atomic E-state index is 0.0627. The predicted molar refractivity (Wildman–Crippen MR) is 117 cm³/mol. The van der Waals surface area contributed by atoms with Crippen LogP contribution >= 0.6 is 39.9 Å². The highest BCUT2D eigenvalue weighted by atomic mass is 79.9. The van der Waals surface area contributed by atoms with E-state index in [9.17, 15) is 9.59 Å². The molecule has 0 radical (unpaired) electrons. The fourth-order valence-corrected chi connectivity index (χ4v) is 4.22. The fraction of sp³-hybridized carbons (Fsp3) is 0.150. The highest BCUT2D eigenvalue weighted by Gasteiger charge is 2.32. The minimum atomic E-state index is -0.971. The number of amides is 1. The van der Waals surface area contributed by atoms with Crippen LogP contribution in [-0.4, -0.2) is 32.7 Å².